The minimum atomic E-state index is -0.543. The Morgan fingerprint density at radius 2 is 2.40 bits per heavy atom. The molecule has 2 heterocycles. The van der Waals surface area contributed by atoms with Gasteiger partial charge in [-0.15, -0.1) is 6.58 Å². The quantitative estimate of drug-likeness (QED) is 0.853. The van der Waals surface area contributed by atoms with Gasteiger partial charge in [-0.3, -0.25) is 4.90 Å². The fourth-order valence-corrected chi connectivity index (χ4v) is 3.30. The van der Waals surface area contributed by atoms with Gasteiger partial charge >= 0.3 is 0 Å². The molecule has 4 nitrogen and oxygen atoms in total. The second-order valence-electron chi connectivity index (χ2n) is 5.54. The zero-order chi connectivity index (χ0) is 14.3. The van der Waals surface area contributed by atoms with Gasteiger partial charge in [-0.25, -0.2) is 0 Å². The van der Waals surface area contributed by atoms with E-state index < -0.39 is 6.10 Å². The third-order valence-electron chi connectivity index (χ3n) is 4.34. The fraction of sp³-hybridized carbons (Fsp3) is 0.500. The van der Waals surface area contributed by atoms with Crippen LogP contribution in [0.15, 0.2) is 24.8 Å². The Labute approximate surface area is 119 Å². The summed E-state index contributed by atoms with van der Waals surface area (Å²) in [7, 11) is 3.77. The summed E-state index contributed by atoms with van der Waals surface area (Å²) in [4.78, 5) is 2.30. The largest absolute Gasteiger partial charge is 0.493 e. The number of methoxy groups -OCH3 is 1. The van der Waals surface area contributed by atoms with E-state index in [1.54, 1.807) is 13.2 Å². The summed E-state index contributed by atoms with van der Waals surface area (Å²) in [6.07, 6.45) is 2.54. The molecule has 3 atom stereocenters. The maximum atomic E-state index is 9.86. The molecule has 108 valence electrons. The van der Waals surface area contributed by atoms with Crippen LogP contribution in [0.2, 0.25) is 0 Å². The van der Waals surface area contributed by atoms with Crippen LogP contribution in [0.1, 0.15) is 23.6 Å². The summed E-state index contributed by atoms with van der Waals surface area (Å²) < 4.78 is 11.5. The van der Waals surface area contributed by atoms with Crippen molar-refractivity contribution in [3.8, 4) is 11.5 Å². The molecule has 4 heteroatoms. The van der Waals surface area contributed by atoms with Crippen molar-refractivity contribution >= 4 is 0 Å². The molecule has 2 unspecified atom stereocenters. The van der Waals surface area contributed by atoms with Gasteiger partial charge < -0.3 is 14.6 Å². The van der Waals surface area contributed by atoms with Crippen molar-refractivity contribution in [2.45, 2.75) is 31.1 Å². The Morgan fingerprint density at radius 3 is 3.10 bits per heavy atom. The number of nitrogens with zero attached hydrogens (tertiary/aromatic N) is 1. The van der Waals surface area contributed by atoms with Crippen LogP contribution in [-0.4, -0.2) is 42.9 Å². The Bertz CT molecular complexity index is 529. The van der Waals surface area contributed by atoms with E-state index in [0.717, 1.165) is 24.5 Å². The van der Waals surface area contributed by atoms with Crippen LogP contribution in [0.5, 0.6) is 11.5 Å². The van der Waals surface area contributed by atoms with Crippen molar-refractivity contribution in [3.63, 3.8) is 0 Å². The first-order valence-electron chi connectivity index (χ1n) is 7.03. The molecule has 0 saturated carbocycles. The molecule has 0 amide bonds. The predicted octanol–water partition coefficient (Wildman–Crippen LogP) is 1.92. The van der Waals surface area contributed by atoms with Crippen LogP contribution in [0, 0.1) is 0 Å². The highest BCUT2D eigenvalue weighted by atomic mass is 16.5. The highest BCUT2D eigenvalue weighted by molar-refractivity contribution is 5.56. The molecule has 0 aromatic heterocycles. The van der Waals surface area contributed by atoms with Crippen molar-refractivity contribution in [1.29, 1.82) is 0 Å². The van der Waals surface area contributed by atoms with Gasteiger partial charge in [-0.1, -0.05) is 12.1 Å². The van der Waals surface area contributed by atoms with Gasteiger partial charge in [-0.2, -0.15) is 0 Å². The van der Waals surface area contributed by atoms with Gasteiger partial charge in [0, 0.05) is 18.5 Å². The number of aliphatic hydroxyl groups excluding tert-OH is 1. The number of hydrogen-bond acceptors (Lipinski definition) is 4. The molecule has 2 aliphatic rings. The molecule has 0 fully saturated rings. The molecule has 0 saturated heterocycles. The summed E-state index contributed by atoms with van der Waals surface area (Å²) in [6, 6.07) is 4.30. The Balaban J connectivity index is 2.01. The fourth-order valence-electron chi connectivity index (χ4n) is 3.30. The number of likely N-dealkylation sites (N-methyl/N-ethyl adjacent to an activating group) is 1. The zero-order valence-electron chi connectivity index (χ0n) is 12.0. The molecular formula is C16H21NO3. The van der Waals surface area contributed by atoms with Crippen LogP contribution in [-0.2, 0) is 6.42 Å². The number of hydrogen-bond donors (Lipinski definition) is 1. The molecule has 0 radical (unpaired) electrons. The lowest BCUT2D eigenvalue weighted by Gasteiger charge is -2.33. The first-order valence-corrected chi connectivity index (χ1v) is 7.03. The van der Waals surface area contributed by atoms with E-state index >= 15 is 0 Å². The van der Waals surface area contributed by atoms with Crippen molar-refractivity contribution < 1.29 is 14.6 Å². The molecule has 1 aromatic rings. The topological polar surface area (TPSA) is 41.9 Å². The van der Waals surface area contributed by atoms with Crippen LogP contribution in [0.25, 0.3) is 0 Å². The van der Waals surface area contributed by atoms with Gasteiger partial charge in [-0.05, 0) is 25.1 Å². The standard InChI is InChI=1S/C16H21NO3/c1-4-11(18)9-13-15-14-10(7-8-17(15)2)5-6-12(19-3)16(14)20-13/h4-6,11,13,15,18H,1,7-9H2,2-3H3/t11-,13?,15?/m0/s1. The minimum Gasteiger partial charge on any atom is -0.493 e. The van der Waals surface area contributed by atoms with Crippen molar-refractivity contribution in [3.05, 3.63) is 35.9 Å². The van der Waals surface area contributed by atoms with E-state index in [1.165, 1.54) is 11.1 Å². The van der Waals surface area contributed by atoms with E-state index in [1.807, 2.05) is 6.07 Å². The lowest BCUT2D eigenvalue weighted by atomic mass is 9.89. The van der Waals surface area contributed by atoms with Gasteiger partial charge in [0.05, 0.1) is 19.3 Å². The summed E-state index contributed by atoms with van der Waals surface area (Å²) in [5.74, 6) is 1.63. The first kappa shape index (κ1) is 13.5. The van der Waals surface area contributed by atoms with Crippen LogP contribution in [0.3, 0.4) is 0 Å². The summed E-state index contributed by atoms with van der Waals surface area (Å²) >= 11 is 0. The second-order valence-corrected chi connectivity index (χ2v) is 5.54. The third-order valence-corrected chi connectivity index (χ3v) is 4.34. The third kappa shape index (κ3) is 2.00. The maximum Gasteiger partial charge on any atom is 0.166 e. The maximum absolute atomic E-state index is 9.86. The Morgan fingerprint density at radius 1 is 1.60 bits per heavy atom. The van der Waals surface area contributed by atoms with Gasteiger partial charge in [0.25, 0.3) is 0 Å². The molecular weight excluding hydrogens is 254 g/mol. The van der Waals surface area contributed by atoms with Crippen molar-refractivity contribution in [2.75, 3.05) is 20.7 Å². The molecule has 3 rings (SSSR count). The summed E-state index contributed by atoms with van der Waals surface area (Å²) in [5, 5.41) is 9.86. The molecule has 20 heavy (non-hydrogen) atoms. The van der Waals surface area contributed by atoms with E-state index in [2.05, 4.69) is 24.6 Å². The van der Waals surface area contributed by atoms with Gasteiger partial charge in [0.1, 0.15) is 6.10 Å². The molecule has 0 bridgehead atoms. The molecule has 0 spiro atoms. The highest BCUT2D eigenvalue weighted by Gasteiger charge is 2.43. The van der Waals surface area contributed by atoms with Crippen LogP contribution in [0.4, 0.5) is 0 Å². The normalized spacial score (nSPS) is 25.8. The molecule has 0 aliphatic carbocycles. The second kappa shape index (κ2) is 5.11. The minimum absolute atomic E-state index is 0.0571. The monoisotopic (exact) mass is 275 g/mol. The molecule has 1 N–H and O–H groups in total. The Hall–Kier alpha value is -1.52. The average molecular weight is 275 g/mol. The lowest BCUT2D eigenvalue weighted by molar-refractivity contribution is 0.0690. The van der Waals surface area contributed by atoms with Crippen LogP contribution >= 0.6 is 0 Å². The Kier molecular flexibility index (Phi) is 3.44. The lowest BCUT2D eigenvalue weighted by Crippen LogP contribution is -2.38. The summed E-state index contributed by atoms with van der Waals surface area (Å²) in [6.45, 7) is 4.65. The SMILES string of the molecule is C=C[C@H](O)CC1Oc2c(OC)ccc3c2C1N(C)CC3. The molecule has 2 aliphatic heterocycles. The number of benzene rings is 1. The predicted molar refractivity (Wildman–Crippen MR) is 77.3 cm³/mol. The smallest absolute Gasteiger partial charge is 0.166 e. The number of rotatable bonds is 4. The van der Waals surface area contributed by atoms with E-state index in [0.29, 0.717) is 6.42 Å². The summed E-state index contributed by atoms with van der Waals surface area (Å²) in [5.41, 5.74) is 2.57. The van der Waals surface area contributed by atoms with E-state index in [-0.39, 0.29) is 12.1 Å². The highest BCUT2D eigenvalue weighted by Crippen LogP contribution is 2.50. The molecule has 1 aromatic carbocycles. The first-order chi connectivity index (χ1) is 9.65. The zero-order valence-corrected chi connectivity index (χ0v) is 12.0. The number of ether oxygens (including phenoxy) is 2. The van der Waals surface area contributed by atoms with E-state index in [4.69, 9.17) is 9.47 Å². The number of aliphatic hydroxyl groups is 1. The average Bonchev–Trinajstić information content (AvgIpc) is 2.83. The van der Waals surface area contributed by atoms with Gasteiger partial charge in [0.15, 0.2) is 11.5 Å². The van der Waals surface area contributed by atoms with E-state index in [9.17, 15) is 5.11 Å². The van der Waals surface area contributed by atoms with Crippen LogP contribution < -0.4 is 9.47 Å². The van der Waals surface area contributed by atoms with Gasteiger partial charge in [0.2, 0.25) is 0 Å². The van der Waals surface area contributed by atoms with Crippen molar-refractivity contribution in [1.82, 2.24) is 4.90 Å². The van der Waals surface area contributed by atoms with Crippen molar-refractivity contribution in [2.24, 2.45) is 0 Å².